The van der Waals surface area contributed by atoms with E-state index in [2.05, 4.69) is 5.10 Å². The summed E-state index contributed by atoms with van der Waals surface area (Å²) >= 11 is 0. The summed E-state index contributed by atoms with van der Waals surface area (Å²) in [6.07, 6.45) is 1.64. The van der Waals surface area contributed by atoms with Gasteiger partial charge in [0, 0.05) is 0 Å². The van der Waals surface area contributed by atoms with Crippen molar-refractivity contribution in [3.05, 3.63) is 47.8 Å². The molecule has 0 saturated carbocycles. The molecule has 3 nitrogen and oxygen atoms in total. The smallest absolute Gasteiger partial charge is 0.156 e. The van der Waals surface area contributed by atoms with E-state index in [9.17, 15) is 5.11 Å². The molecule has 3 heteroatoms. The minimum absolute atomic E-state index is 0.251. The zero-order chi connectivity index (χ0) is 9.97. The van der Waals surface area contributed by atoms with Crippen molar-refractivity contribution in [3.8, 4) is 5.75 Å². The van der Waals surface area contributed by atoms with Crippen molar-refractivity contribution in [1.82, 2.24) is 9.78 Å². The van der Waals surface area contributed by atoms with Crippen LogP contribution in [0.3, 0.4) is 0 Å². The van der Waals surface area contributed by atoms with Crippen molar-refractivity contribution in [1.29, 1.82) is 0 Å². The first-order chi connectivity index (χ1) is 6.75. The Hall–Kier alpha value is -1.77. The molecule has 2 rings (SSSR count). The number of benzene rings is 1. The lowest BCUT2D eigenvalue weighted by Crippen LogP contribution is -1.99. The predicted octanol–water partition coefficient (Wildman–Crippen LogP) is 1.95. The highest BCUT2D eigenvalue weighted by Crippen LogP contribution is 2.13. The van der Waals surface area contributed by atoms with E-state index in [1.54, 1.807) is 17.8 Å². The highest BCUT2D eigenvalue weighted by molar-refractivity contribution is 5.22. The molecule has 0 saturated heterocycles. The van der Waals surface area contributed by atoms with Crippen LogP contribution in [0.15, 0.2) is 36.5 Å². The van der Waals surface area contributed by atoms with E-state index < -0.39 is 0 Å². The predicted molar refractivity (Wildman–Crippen MR) is 54.2 cm³/mol. The normalized spacial score (nSPS) is 10.4. The largest absolute Gasteiger partial charge is 0.504 e. The average Bonchev–Trinajstić information content (AvgIpc) is 2.47. The Bertz CT molecular complexity index is 401. The van der Waals surface area contributed by atoms with Crippen LogP contribution in [-0.4, -0.2) is 14.9 Å². The zero-order valence-electron chi connectivity index (χ0n) is 8.01. The molecule has 0 aliphatic carbocycles. The minimum Gasteiger partial charge on any atom is -0.504 e. The van der Waals surface area contributed by atoms with Crippen molar-refractivity contribution >= 4 is 0 Å². The molecule has 1 aromatic carbocycles. The van der Waals surface area contributed by atoms with E-state index in [-0.39, 0.29) is 5.75 Å². The van der Waals surface area contributed by atoms with Crippen LogP contribution in [0.4, 0.5) is 0 Å². The number of hydrogen-bond donors (Lipinski definition) is 1. The van der Waals surface area contributed by atoms with Crippen LogP contribution < -0.4 is 0 Å². The van der Waals surface area contributed by atoms with Gasteiger partial charge in [0.05, 0.1) is 12.7 Å². The molecular weight excluding hydrogens is 176 g/mol. The van der Waals surface area contributed by atoms with Crippen LogP contribution >= 0.6 is 0 Å². The van der Waals surface area contributed by atoms with E-state index >= 15 is 0 Å². The zero-order valence-corrected chi connectivity index (χ0v) is 8.01. The molecule has 0 fully saturated rings. The van der Waals surface area contributed by atoms with E-state index in [4.69, 9.17) is 0 Å². The summed E-state index contributed by atoms with van der Waals surface area (Å²) in [5, 5.41) is 13.5. The van der Waals surface area contributed by atoms with Crippen LogP contribution in [0.5, 0.6) is 5.75 Å². The lowest BCUT2D eigenvalue weighted by Gasteiger charge is -2.00. The van der Waals surface area contributed by atoms with E-state index in [1.165, 1.54) is 5.56 Å². The van der Waals surface area contributed by atoms with E-state index in [1.807, 2.05) is 30.3 Å². The van der Waals surface area contributed by atoms with Gasteiger partial charge in [0.1, 0.15) is 5.69 Å². The number of hydrogen-bond acceptors (Lipinski definition) is 2. The maximum atomic E-state index is 9.33. The SMILES string of the molecule is Cc1nn(Cc2ccccc2)cc1O. The summed E-state index contributed by atoms with van der Waals surface area (Å²) in [5.74, 6) is 0.251. The third-order valence-corrected chi connectivity index (χ3v) is 2.11. The number of nitrogens with zero attached hydrogens (tertiary/aromatic N) is 2. The van der Waals surface area contributed by atoms with Gasteiger partial charge in [-0.2, -0.15) is 5.10 Å². The molecule has 0 amide bonds. The Kier molecular flexibility index (Phi) is 2.23. The van der Waals surface area contributed by atoms with Gasteiger partial charge in [-0.1, -0.05) is 30.3 Å². The Morgan fingerprint density at radius 1 is 1.29 bits per heavy atom. The number of aromatic hydroxyl groups is 1. The highest BCUT2D eigenvalue weighted by Gasteiger charge is 2.02. The van der Waals surface area contributed by atoms with Crippen LogP contribution in [-0.2, 0) is 6.54 Å². The Morgan fingerprint density at radius 2 is 2.00 bits per heavy atom. The second kappa shape index (κ2) is 3.54. The number of aryl methyl sites for hydroxylation is 1. The van der Waals surface area contributed by atoms with Crippen molar-refractivity contribution in [2.24, 2.45) is 0 Å². The first-order valence-electron chi connectivity index (χ1n) is 4.52. The lowest BCUT2D eigenvalue weighted by molar-refractivity contribution is 0.470. The molecule has 0 aliphatic heterocycles. The summed E-state index contributed by atoms with van der Waals surface area (Å²) < 4.78 is 1.74. The van der Waals surface area contributed by atoms with Gasteiger partial charge >= 0.3 is 0 Å². The van der Waals surface area contributed by atoms with E-state index in [0.29, 0.717) is 12.2 Å². The second-order valence-corrected chi connectivity index (χ2v) is 3.28. The Labute approximate surface area is 82.6 Å². The maximum absolute atomic E-state index is 9.33. The molecule has 0 bridgehead atoms. The van der Waals surface area contributed by atoms with Crippen LogP contribution in [0.25, 0.3) is 0 Å². The molecule has 72 valence electrons. The standard InChI is InChI=1S/C11H12N2O/c1-9-11(14)8-13(12-9)7-10-5-3-2-4-6-10/h2-6,8,14H,7H2,1H3. The topological polar surface area (TPSA) is 38.0 Å². The van der Waals surface area contributed by atoms with Crippen molar-refractivity contribution in [2.75, 3.05) is 0 Å². The van der Waals surface area contributed by atoms with Gasteiger partial charge in [-0.3, -0.25) is 4.68 Å². The van der Waals surface area contributed by atoms with Gasteiger partial charge in [0.2, 0.25) is 0 Å². The molecule has 14 heavy (non-hydrogen) atoms. The molecular formula is C11H12N2O. The van der Waals surface area contributed by atoms with Gasteiger partial charge in [0.25, 0.3) is 0 Å². The van der Waals surface area contributed by atoms with Gasteiger partial charge in [0.15, 0.2) is 5.75 Å². The molecule has 1 aromatic heterocycles. The summed E-state index contributed by atoms with van der Waals surface area (Å²) in [6, 6.07) is 10.0. The number of rotatable bonds is 2. The molecule has 2 aromatic rings. The molecule has 0 radical (unpaired) electrons. The lowest BCUT2D eigenvalue weighted by atomic mass is 10.2. The molecule has 0 aliphatic rings. The van der Waals surface area contributed by atoms with Crippen LogP contribution in [0, 0.1) is 6.92 Å². The fourth-order valence-electron chi connectivity index (χ4n) is 1.36. The fourth-order valence-corrected chi connectivity index (χ4v) is 1.36. The molecule has 0 unspecified atom stereocenters. The van der Waals surface area contributed by atoms with Gasteiger partial charge in [-0.05, 0) is 12.5 Å². The second-order valence-electron chi connectivity index (χ2n) is 3.28. The molecule has 0 spiro atoms. The van der Waals surface area contributed by atoms with E-state index in [0.717, 1.165) is 0 Å². The van der Waals surface area contributed by atoms with Gasteiger partial charge < -0.3 is 5.11 Å². The van der Waals surface area contributed by atoms with Crippen LogP contribution in [0.1, 0.15) is 11.3 Å². The summed E-state index contributed by atoms with van der Waals surface area (Å²) in [4.78, 5) is 0. The first kappa shape index (κ1) is 8.81. The van der Waals surface area contributed by atoms with Gasteiger partial charge in [-0.25, -0.2) is 0 Å². The van der Waals surface area contributed by atoms with Crippen molar-refractivity contribution < 1.29 is 5.11 Å². The number of aromatic nitrogens is 2. The van der Waals surface area contributed by atoms with Crippen LogP contribution in [0.2, 0.25) is 0 Å². The summed E-state index contributed by atoms with van der Waals surface area (Å²) in [7, 11) is 0. The average molecular weight is 188 g/mol. The quantitative estimate of drug-likeness (QED) is 0.782. The molecule has 1 N–H and O–H groups in total. The highest BCUT2D eigenvalue weighted by atomic mass is 16.3. The minimum atomic E-state index is 0.251. The fraction of sp³-hybridized carbons (Fsp3) is 0.182. The summed E-state index contributed by atoms with van der Waals surface area (Å²) in [5.41, 5.74) is 1.84. The van der Waals surface area contributed by atoms with Gasteiger partial charge in [-0.15, -0.1) is 0 Å². The third-order valence-electron chi connectivity index (χ3n) is 2.11. The monoisotopic (exact) mass is 188 g/mol. The van der Waals surface area contributed by atoms with Crippen molar-refractivity contribution in [2.45, 2.75) is 13.5 Å². The molecule has 0 atom stereocenters. The van der Waals surface area contributed by atoms with Crippen molar-refractivity contribution in [3.63, 3.8) is 0 Å². The Balaban J connectivity index is 2.19. The third kappa shape index (κ3) is 1.76. The Morgan fingerprint density at radius 3 is 2.57 bits per heavy atom. The summed E-state index contributed by atoms with van der Waals surface area (Å²) in [6.45, 7) is 2.49. The molecule has 1 heterocycles. The maximum Gasteiger partial charge on any atom is 0.156 e. The first-order valence-corrected chi connectivity index (χ1v) is 4.52.